The van der Waals surface area contributed by atoms with Crippen LogP contribution in [0.1, 0.15) is 15.2 Å². The van der Waals surface area contributed by atoms with E-state index in [9.17, 15) is 4.79 Å². The van der Waals surface area contributed by atoms with Crippen LogP contribution in [0.3, 0.4) is 0 Å². The average Bonchev–Trinajstić information content (AvgIpc) is 2.36. The van der Waals surface area contributed by atoms with E-state index in [1.54, 1.807) is 11.4 Å². The molecule has 0 fully saturated rings. The fourth-order valence-corrected chi connectivity index (χ4v) is 1.27. The van der Waals surface area contributed by atoms with E-state index in [1.807, 2.05) is 0 Å². The number of nitrogens with zero attached hydrogens (tertiary/aromatic N) is 1. The van der Waals surface area contributed by atoms with E-state index in [4.69, 9.17) is 5.21 Å². The van der Waals surface area contributed by atoms with E-state index in [2.05, 4.69) is 5.16 Å². The average molecular weight is 155 g/mol. The zero-order valence-electron chi connectivity index (χ0n) is 5.02. The zero-order chi connectivity index (χ0) is 7.40. The van der Waals surface area contributed by atoms with E-state index in [-0.39, 0.29) is 0 Å². The Morgan fingerprint density at radius 2 is 2.50 bits per heavy atom. The molecule has 1 aromatic rings. The van der Waals surface area contributed by atoms with Crippen molar-refractivity contribution in [1.29, 1.82) is 0 Å². The fraction of sp³-hybridized carbons (Fsp3) is 0. The van der Waals surface area contributed by atoms with E-state index in [1.165, 1.54) is 17.6 Å². The van der Waals surface area contributed by atoms with Gasteiger partial charge in [-0.25, -0.2) is 0 Å². The molecule has 0 amide bonds. The van der Waals surface area contributed by atoms with Crippen LogP contribution >= 0.6 is 11.3 Å². The highest BCUT2D eigenvalue weighted by molar-refractivity contribution is 7.12. The smallest absolute Gasteiger partial charge is 0.160 e. The molecule has 0 aliphatic rings. The summed E-state index contributed by atoms with van der Waals surface area (Å²) in [4.78, 5) is 10.8. The Bertz CT molecular complexity index is 254. The first kappa shape index (κ1) is 6.95. The van der Waals surface area contributed by atoms with Gasteiger partial charge < -0.3 is 5.21 Å². The molecule has 52 valence electrons. The minimum atomic E-state index is 0.581. The predicted molar refractivity (Wildman–Crippen MR) is 39.1 cm³/mol. The maximum absolute atomic E-state index is 10.2. The van der Waals surface area contributed by atoms with Crippen molar-refractivity contribution in [2.24, 2.45) is 5.16 Å². The summed E-state index contributed by atoms with van der Waals surface area (Å²) < 4.78 is 0. The largest absolute Gasteiger partial charge is 0.411 e. The van der Waals surface area contributed by atoms with Gasteiger partial charge in [-0.05, 0) is 11.4 Å². The van der Waals surface area contributed by atoms with Crippen LogP contribution in [0.5, 0.6) is 0 Å². The number of aldehydes is 1. The number of thiophene rings is 1. The van der Waals surface area contributed by atoms with Crippen molar-refractivity contribution in [2.45, 2.75) is 0 Å². The predicted octanol–water partition coefficient (Wildman–Crippen LogP) is 1.37. The molecule has 0 saturated carbocycles. The number of hydrogen-bond donors (Lipinski definition) is 1. The second kappa shape index (κ2) is 3.12. The Labute approximate surface area is 61.6 Å². The molecule has 0 radical (unpaired) electrons. The lowest BCUT2D eigenvalue weighted by atomic mass is 10.3. The van der Waals surface area contributed by atoms with Gasteiger partial charge in [-0.2, -0.15) is 0 Å². The summed E-state index contributed by atoms with van der Waals surface area (Å²) in [5.74, 6) is 0. The van der Waals surface area contributed by atoms with Crippen molar-refractivity contribution in [1.82, 2.24) is 0 Å². The summed E-state index contributed by atoms with van der Waals surface area (Å²) in [7, 11) is 0. The Hall–Kier alpha value is -1.16. The first-order valence-corrected chi connectivity index (χ1v) is 3.46. The standard InChI is InChI=1S/C6H5NO2S/c8-4-6-5(3-7-9)1-2-10-6/h1-4,9H/b7-3+. The Morgan fingerprint density at radius 1 is 1.70 bits per heavy atom. The molecule has 10 heavy (non-hydrogen) atoms. The van der Waals surface area contributed by atoms with Crippen molar-refractivity contribution in [3.05, 3.63) is 21.9 Å². The molecule has 0 bridgehead atoms. The van der Waals surface area contributed by atoms with Crippen LogP contribution < -0.4 is 0 Å². The Morgan fingerprint density at radius 3 is 3.10 bits per heavy atom. The number of hydrogen-bond acceptors (Lipinski definition) is 4. The number of oxime groups is 1. The summed E-state index contributed by atoms with van der Waals surface area (Å²) in [5.41, 5.74) is 0.655. The summed E-state index contributed by atoms with van der Waals surface area (Å²) in [5, 5.41) is 12.7. The van der Waals surface area contributed by atoms with Crippen LogP contribution in [0, 0.1) is 0 Å². The van der Waals surface area contributed by atoms with Crippen LogP contribution in [0.25, 0.3) is 0 Å². The monoisotopic (exact) mass is 155 g/mol. The van der Waals surface area contributed by atoms with Crippen molar-refractivity contribution >= 4 is 23.8 Å². The van der Waals surface area contributed by atoms with Gasteiger partial charge in [-0.1, -0.05) is 5.16 Å². The first-order chi connectivity index (χ1) is 4.88. The van der Waals surface area contributed by atoms with Crippen LogP contribution in [0.15, 0.2) is 16.6 Å². The van der Waals surface area contributed by atoms with Crippen molar-refractivity contribution in [3.63, 3.8) is 0 Å². The Kier molecular flexibility index (Phi) is 2.17. The molecule has 1 rings (SSSR count). The SMILES string of the molecule is O=Cc1sccc1/C=N/O. The highest BCUT2D eigenvalue weighted by Gasteiger charge is 1.98. The molecule has 1 heterocycles. The molecule has 1 aromatic heterocycles. The molecule has 0 aromatic carbocycles. The van der Waals surface area contributed by atoms with Crippen molar-refractivity contribution in [2.75, 3.05) is 0 Å². The van der Waals surface area contributed by atoms with Gasteiger partial charge in [0.2, 0.25) is 0 Å². The molecule has 0 spiro atoms. The molecule has 0 atom stereocenters. The molecule has 3 nitrogen and oxygen atoms in total. The fourth-order valence-electron chi connectivity index (χ4n) is 0.595. The molecule has 1 N–H and O–H groups in total. The van der Waals surface area contributed by atoms with Gasteiger partial charge in [-0.15, -0.1) is 11.3 Å². The van der Waals surface area contributed by atoms with E-state index >= 15 is 0 Å². The third-order valence-electron chi connectivity index (χ3n) is 1.03. The summed E-state index contributed by atoms with van der Waals surface area (Å²) in [6.07, 6.45) is 1.97. The Balaban J connectivity index is 3.00. The molecule has 0 aliphatic carbocycles. The lowest BCUT2D eigenvalue weighted by Gasteiger charge is -1.82. The van der Waals surface area contributed by atoms with E-state index in [0.29, 0.717) is 10.4 Å². The lowest BCUT2D eigenvalue weighted by molar-refractivity contribution is 0.112. The molecule has 4 heteroatoms. The number of carbonyl (C=O) groups excluding carboxylic acids is 1. The van der Waals surface area contributed by atoms with E-state index < -0.39 is 0 Å². The third kappa shape index (κ3) is 1.22. The van der Waals surface area contributed by atoms with Gasteiger partial charge in [-0.3, -0.25) is 4.79 Å². The normalized spacial score (nSPS) is 10.4. The third-order valence-corrected chi connectivity index (χ3v) is 1.89. The van der Waals surface area contributed by atoms with Crippen molar-refractivity contribution < 1.29 is 10.0 Å². The minimum Gasteiger partial charge on any atom is -0.411 e. The number of rotatable bonds is 2. The summed E-state index contributed by atoms with van der Waals surface area (Å²) in [6, 6.07) is 1.72. The lowest BCUT2D eigenvalue weighted by Crippen LogP contribution is -1.81. The second-order valence-corrected chi connectivity index (χ2v) is 2.55. The van der Waals surface area contributed by atoms with Gasteiger partial charge in [0.05, 0.1) is 11.1 Å². The van der Waals surface area contributed by atoms with Crippen LogP contribution in [-0.4, -0.2) is 17.7 Å². The van der Waals surface area contributed by atoms with Gasteiger partial charge in [0.25, 0.3) is 0 Å². The first-order valence-electron chi connectivity index (χ1n) is 2.58. The van der Waals surface area contributed by atoms with Gasteiger partial charge in [0, 0.05) is 5.56 Å². The highest BCUT2D eigenvalue weighted by Crippen LogP contribution is 2.11. The van der Waals surface area contributed by atoms with Gasteiger partial charge >= 0.3 is 0 Å². The minimum absolute atomic E-state index is 0.581. The second-order valence-electron chi connectivity index (χ2n) is 1.60. The zero-order valence-corrected chi connectivity index (χ0v) is 5.84. The van der Waals surface area contributed by atoms with E-state index in [0.717, 1.165) is 6.29 Å². The van der Waals surface area contributed by atoms with Gasteiger partial charge in [0.15, 0.2) is 6.29 Å². The molecular weight excluding hydrogens is 150 g/mol. The maximum Gasteiger partial charge on any atom is 0.160 e. The topological polar surface area (TPSA) is 49.7 Å². The quantitative estimate of drug-likeness (QED) is 0.303. The van der Waals surface area contributed by atoms with Gasteiger partial charge in [0.1, 0.15) is 0 Å². The van der Waals surface area contributed by atoms with Crippen LogP contribution in [0.2, 0.25) is 0 Å². The molecule has 0 saturated heterocycles. The number of carbonyl (C=O) groups is 1. The van der Waals surface area contributed by atoms with Crippen molar-refractivity contribution in [3.8, 4) is 0 Å². The molecule has 0 unspecified atom stereocenters. The molecular formula is C6H5NO2S. The molecule has 0 aliphatic heterocycles. The van der Waals surface area contributed by atoms with Crippen LogP contribution in [0.4, 0.5) is 0 Å². The maximum atomic E-state index is 10.2. The van der Waals surface area contributed by atoms with Crippen LogP contribution in [-0.2, 0) is 0 Å². The summed E-state index contributed by atoms with van der Waals surface area (Å²) >= 11 is 1.32. The summed E-state index contributed by atoms with van der Waals surface area (Å²) in [6.45, 7) is 0. The highest BCUT2D eigenvalue weighted by atomic mass is 32.1.